The number of amides is 1. The summed E-state index contributed by atoms with van der Waals surface area (Å²) < 4.78 is 1.84. The Balaban J connectivity index is 1.67. The van der Waals surface area contributed by atoms with Crippen LogP contribution in [0.1, 0.15) is 79.0 Å². The smallest absolute Gasteiger partial charge is 0.255 e. The molecule has 0 spiro atoms. The highest BCUT2D eigenvalue weighted by Gasteiger charge is 2.25. The molecule has 3 N–H and O–H groups in total. The first kappa shape index (κ1) is 23.2. The minimum Gasteiger partial charge on any atom is -0.393 e. The highest BCUT2D eigenvalue weighted by molar-refractivity contribution is 6.06. The number of anilines is 1. The standard InChI is InChI=1S/C26H35N5O2/c1-5-23(18-11-10-16(3)17(4)12-18)30-26(33)22-14-27-25-21(15-28-31(25)6-2)24(22)29-19-8-7-9-20(32)13-19/h10-12,14-15,19-20,23,32H,5-9,13H2,1-4H3,(H,27,29)(H,30,33)/t19-,20-,23?/m0/s1. The van der Waals surface area contributed by atoms with Crippen LogP contribution < -0.4 is 10.6 Å². The van der Waals surface area contributed by atoms with Gasteiger partial charge in [-0.1, -0.05) is 25.1 Å². The average Bonchev–Trinajstić information content (AvgIpc) is 3.23. The topological polar surface area (TPSA) is 92.1 Å². The molecule has 1 fully saturated rings. The van der Waals surface area contributed by atoms with E-state index in [4.69, 9.17) is 0 Å². The van der Waals surface area contributed by atoms with Crippen LogP contribution in [0.5, 0.6) is 0 Å². The van der Waals surface area contributed by atoms with Crippen LogP contribution in [-0.4, -0.2) is 37.9 Å². The Kier molecular flexibility index (Phi) is 6.98. The maximum atomic E-state index is 13.5. The van der Waals surface area contributed by atoms with Gasteiger partial charge in [0.05, 0.1) is 35.0 Å². The Bertz CT molecular complexity index is 1140. The second-order valence-corrected chi connectivity index (χ2v) is 9.18. The summed E-state index contributed by atoms with van der Waals surface area (Å²) in [5, 5.41) is 22.3. The van der Waals surface area contributed by atoms with E-state index in [1.165, 1.54) is 11.1 Å². The van der Waals surface area contributed by atoms with E-state index in [0.717, 1.165) is 48.0 Å². The number of aryl methyl sites for hydroxylation is 3. The summed E-state index contributed by atoms with van der Waals surface area (Å²) in [6.45, 7) is 8.99. The zero-order chi connectivity index (χ0) is 23.5. The SMILES string of the molecule is CCC(NC(=O)c1cnc2c(cnn2CC)c1N[C@H]1CCC[C@H](O)C1)c1ccc(C)c(C)c1. The maximum Gasteiger partial charge on any atom is 0.255 e. The van der Waals surface area contributed by atoms with Crippen molar-refractivity contribution in [2.45, 2.75) is 84.5 Å². The quantitative estimate of drug-likeness (QED) is 0.488. The number of aliphatic hydroxyl groups excluding tert-OH is 1. The van der Waals surface area contributed by atoms with Gasteiger partial charge >= 0.3 is 0 Å². The van der Waals surface area contributed by atoms with Gasteiger partial charge in [-0.3, -0.25) is 4.79 Å². The number of pyridine rings is 1. The Labute approximate surface area is 195 Å². The normalized spacial score (nSPS) is 19.4. The molecule has 1 amide bonds. The second kappa shape index (κ2) is 9.91. The summed E-state index contributed by atoms with van der Waals surface area (Å²) in [4.78, 5) is 18.1. The van der Waals surface area contributed by atoms with Crippen molar-refractivity contribution in [2.24, 2.45) is 0 Å². The van der Waals surface area contributed by atoms with Crippen molar-refractivity contribution in [3.05, 3.63) is 52.8 Å². The van der Waals surface area contributed by atoms with Gasteiger partial charge in [0.25, 0.3) is 5.91 Å². The lowest BCUT2D eigenvalue weighted by Crippen LogP contribution is -2.32. The molecule has 0 bridgehead atoms. The molecule has 0 aliphatic heterocycles. The third-order valence-electron chi connectivity index (χ3n) is 6.85. The number of nitrogens with one attached hydrogen (secondary N) is 2. The van der Waals surface area contributed by atoms with Crippen molar-refractivity contribution in [3.63, 3.8) is 0 Å². The molecule has 0 radical (unpaired) electrons. The van der Waals surface area contributed by atoms with Crippen LogP contribution in [0.4, 0.5) is 5.69 Å². The van der Waals surface area contributed by atoms with Gasteiger partial charge in [0, 0.05) is 18.8 Å². The number of rotatable bonds is 7. The third-order valence-corrected chi connectivity index (χ3v) is 6.85. The van der Waals surface area contributed by atoms with E-state index in [9.17, 15) is 9.90 Å². The van der Waals surface area contributed by atoms with E-state index < -0.39 is 0 Å². The third kappa shape index (κ3) is 4.88. The van der Waals surface area contributed by atoms with Crippen LogP contribution in [0.15, 0.2) is 30.6 Å². The predicted molar refractivity (Wildman–Crippen MR) is 132 cm³/mol. The number of fused-ring (bicyclic) bond motifs is 1. The van der Waals surface area contributed by atoms with E-state index in [1.54, 1.807) is 12.4 Å². The first-order valence-corrected chi connectivity index (χ1v) is 12.1. The molecule has 1 saturated carbocycles. The van der Waals surface area contributed by atoms with Gasteiger partial charge in [-0.25, -0.2) is 9.67 Å². The molecule has 7 heteroatoms. The number of carbonyl (C=O) groups excluding carboxylic acids is 1. The van der Waals surface area contributed by atoms with Gasteiger partial charge in [-0.05, 0) is 69.6 Å². The highest BCUT2D eigenvalue weighted by atomic mass is 16.3. The van der Waals surface area contributed by atoms with Crippen LogP contribution in [0.25, 0.3) is 11.0 Å². The number of hydrogen-bond donors (Lipinski definition) is 3. The molecular formula is C26H35N5O2. The Morgan fingerprint density at radius 2 is 2.03 bits per heavy atom. The zero-order valence-electron chi connectivity index (χ0n) is 20.1. The van der Waals surface area contributed by atoms with E-state index in [0.29, 0.717) is 18.5 Å². The van der Waals surface area contributed by atoms with Crippen molar-refractivity contribution in [1.29, 1.82) is 0 Å². The summed E-state index contributed by atoms with van der Waals surface area (Å²) >= 11 is 0. The van der Waals surface area contributed by atoms with Crippen LogP contribution in [0.2, 0.25) is 0 Å². The molecule has 4 rings (SSSR count). The molecule has 1 aliphatic rings. The van der Waals surface area contributed by atoms with Gasteiger partial charge in [-0.2, -0.15) is 5.10 Å². The molecule has 176 valence electrons. The molecule has 3 aromatic rings. The monoisotopic (exact) mass is 449 g/mol. The molecule has 1 aliphatic carbocycles. The molecule has 1 unspecified atom stereocenters. The van der Waals surface area contributed by atoms with Gasteiger partial charge < -0.3 is 15.7 Å². The maximum absolute atomic E-state index is 13.5. The van der Waals surface area contributed by atoms with Crippen molar-refractivity contribution in [1.82, 2.24) is 20.1 Å². The molecule has 7 nitrogen and oxygen atoms in total. The molecule has 0 saturated heterocycles. The zero-order valence-corrected chi connectivity index (χ0v) is 20.1. The summed E-state index contributed by atoms with van der Waals surface area (Å²) in [5.74, 6) is -0.155. The fourth-order valence-corrected chi connectivity index (χ4v) is 4.72. The van der Waals surface area contributed by atoms with Crippen molar-refractivity contribution in [2.75, 3.05) is 5.32 Å². The fourth-order valence-electron chi connectivity index (χ4n) is 4.72. The molecule has 3 atom stereocenters. The van der Waals surface area contributed by atoms with Gasteiger partial charge in [0.1, 0.15) is 0 Å². The van der Waals surface area contributed by atoms with Gasteiger partial charge in [-0.15, -0.1) is 0 Å². The Morgan fingerprint density at radius 3 is 2.73 bits per heavy atom. The van der Waals surface area contributed by atoms with Gasteiger partial charge in [0.2, 0.25) is 0 Å². The Morgan fingerprint density at radius 1 is 1.21 bits per heavy atom. The molecular weight excluding hydrogens is 414 g/mol. The van der Waals surface area contributed by atoms with Crippen LogP contribution in [0, 0.1) is 13.8 Å². The predicted octanol–water partition coefficient (Wildman–Crippen LogP) is 4.66. The average molecular weight is 450 g/mol. The number of benzene rings is 1. The molecule has 2 heterocycles. The largest absolute Gasteiger partial charge is 0.393 e. The summed E-state index contributed by atoms with van der Waals surface area (Å²) in [5.41, 5.74) is 5.59. The molecule has 1 aromatic carbocycles. The number of aliphatic hydroxyl groups is 1. The van der Waals surface area contributed by atoms with E-state index >= 15 is 0 Å². The Hall–Kier alpha value is -2.93. The first-order chi connectivity index (χ1) is 15.9. The highest BCUT2D eigenvalue weighted by Crippen LogP contribution is 2.31. The van der Waals surface area contributed by atoms with Crippen molar-refractivity contribution < 1.29 is 9.90 Å². The fraction of sp³-hybridized carbons (Fsp3) is 0.500. The number of aromatic nitrogens is 3. The first-order valence-electron chi connectivity index (χ1n) is 12.1. The lowest BCUT2D eigenvalue weighted by atomic mass is 9.92. The summed E-state index contributed by atoms with van der Waals surface area (Å²) in [6.07, 6.45) is 7.35. The summed E-state index contributed by atoms with van der Waals surface area (Å²) in [7, 11) is 0. The lowest BCUT2D eigenvalue weighted by Gasteiger charge is -2.28. The number of nitrogens with zero attached hydrogens (tertiary/aromatic N) is 3. The van der Waals surface area contributed by atoms with Gasteiger partial charge in [0.15, 0.2) is 5.65 Å². The summed E-state index contributed by atoms with van der Waals surface area (Å²) in [6, 6.07) is 6.37. The second-order valence-electron chi connectivity index (χ2n) is 9.18. The number of hydrogen-bond acceptors (Lipinski definition) is 5. The molecule has 33 heavy (non-hydrogen) atoms. The van der Waals surface area contributed by atoms with Crippen molar-refractivity contribution >= 4 is 22.6 Å². The minimum absolute atomic E-state index is 0.0878. The lowest BCUT2D eigenvalue weighted by molar-refractivity contribution is 0.0936. The number of carbonyl (C=O) groups is 1. The van der Waals surface area contributed by atoms with Crippen molar-refractivity contribution in [3.8, 4) is 0 Å². The molecule has 2 aromatic heterocycles. The van der Waals surface area contributed by atoms with Crippen LogP contribution in [-0.2, 0) is 6.54 Å². The van der Waals surface area contributed by atoms with E-state index in [-0.39, 0.29) is 24.1 Å². The van der Waals surface area contributed by atoms with Crippen LogP contribution >= 0.6 is 0 Å². The minimum atomic E-state index is -0.307. The van der Waals surface area contributed by atoms with Crippen LogP contribution in [0.3, 0.4) is 0 Å². The van der Waals surface area contributed by atoms with E-state index in [1.807, 2.05) is 11.6 Å². The van der Waals surface area contributed by atoms with E-state index in [2.05, 4.69) is 59.7 Å².